The van der Waals surface area contributed by atoms with Crippen LogP contribution in [0.4, 0.5) is 0 Å². The maximum Gasteiger partial charge on any atom is 0.0991 e. The van der Waals surface area contributed by atoms with E-state index in [4.69, 9.17) is 5.26 Å². The van der Waals surface area contributed by atoms with E-state index in [0.717, 1.165) is 30.0 Å². The summed E-state index contributed by atoms with van der Waals surface area (Å²) in [5.74, 6) is 0. The van der Waals surface area contributed by atoms with E-state index in [9.17, 15) is 0 Å². The Morgan fingerprint density at radius 2 is 1.95 bits per heavy atom. The van der Waals surface area contributed by atoms with E-state index in [2.05, 4.69) is 36.0 Å². The monoisotopic (exact) mass is 265 g/mol. The van der Waals surface area contributed by atoms with E-state index in [1.807, 2.05) is 37.3 Å². The van der Waals surface area contributed by atoms with Gasteiger partial charge in [0.25, 0.3) is 0 Å². The summed E-state index contributed by atoms with van der Waals surface area (Å²) in [6.07, 6.45) is 0. The highest BCUT2D eigenvalue weighted by molar-refractivity contribution is 5.37. The molecule has 3 heteroatoms. The average molecular weight is 265 g/mol. The SMILES string of the molecule is Cc1cccc(CN(C)Cc2ccc(C#N)cc2C)n1. The number of aromatic nitrogens is 1. The van der Waals surface area contributed by atoms with Gasteiger partial charge in [-0.15, -0.1) is 0 Å². The minimum absolute atomic E-state index is 0.717. The van der Waals surface area contributed by atoms with Gasteiger partial charge in [0.05, 0.1) is 17.3 Å². The second-order valence-corrected chi connectivity index (χ2v) is 5.20. The van der Waals surface area contributed by atoms with Crippen molar-refractivity contribution in [2.24, 2.45) is 0 Å². The van der Waals surface area contributed by atoms with Gasteiger partial charge in [-0.2, -0.15) is 5.26 Å². The summed E-state index contributed by atoms with van der Waals surface area (Å²) in [5.41, 5.74) is 5.26. The molecular weight excluding hydrogens is 246 g/mol. The van der Waals surface area contributed by atoms with E-state index in [1.54, 1.807) is 0 Å². The minimum atomic E-state index is 0.717. The molecule has 0 spiro atoms. The highest BCUT2D eigenvalue weighted by Crippen LogP contribution is 2.13. The van der Waals surface area contributed by atoms with Crippen LogP contribution in [0.2, 0.25) is 0 Å². The summed E-state index contributed by atoms with van der Waals surface area (Å²) in [5, 5.41) is 8.89. The smallest absolute Gasteiger partial charge is 0.0991 e. The number of hydrogen-bond donors (Lipinski definition) is 0. The van der Waals surface area contributed by atoms with Crippen LogP contribution in [0.3, 0.4) is 0 Å². The first-order chi connectivity index (χ1) is 9.58. The summed E-state index contributed by atoms with van der Waals surface area (Å²) >= 11 is 0. The van der Waals surface area contributed by atoms with Crippen LogP contribution < -0.4 is 0 Å². The van der Waals surface area contributed by atoms with Crippen LogP contribution in [0, 0.1) is 25.2 Å². The third-order valence-corrected chi connectivity index (χ3v) is 3.29. The highest BCUT2D eigenvalue weighted by atomic mass is 15.1. The standard InChI is InChI=1S/C17H19N3/c1-13-9-15(10-18)7-8-16(13)11-20(3)12-17-6-4-5-14(2)19-17/h4-9H,11-12H2,1-3H3. The number of hydrogen-bond acceptors (Lipinski definition) is 3. The fourth-order valence-corrected chi connectivity index (χ4v) is 2.25. The molecule has 2 rings (SSSR count). The Morgan fingerprint density at radius 1 is 1.15 bits per heavy atom. The summed E-state index contributed by atoms with van der Waals surface area (Å²) < 4.78 is 0. The molecule has 102 valence electrons. The Morgan fingerprint density at radius 3 is 2.60 bits per heavy atom. The average Bonchev–Trinajstić information content (AvgIpc) is 2.41. The molecule has 20 heavy (non-hydrogen) atoms. The van der Waals surface area contributed by atoms with E-state index in [1.165, 1.54) is 5.56 Å². The van der Waals surface area contributed by atoms with Gasteiger partial charge < -0.3 is 0 Å². The second-order valence-electron chi connectivity index (χ2n) is 5.20. The highest BCUT2D eigenvalue weighted by Gasteiger charge is 2.06. The zero-order valence-electron chi connectivity index (χ0n) is 12.2. The molecule has 0 bridgehead atoms. The first kappa shape index (κ1) is 14.2. The van der Waals surface area contributed by atoms with E-state index >= 15 is 0 Å². The normalized spacial score (nSPS) is 10.6. The summed E-state index contributed by atoms with van der Waals surface area (Å²) in [6.45, 7) is 5.73. The molecule has 0 radical (unpaired) electrons. The quantitative estimate of drug-likeness (QED) is 0.852. The molecule has 0 atom stereocenters. The van der Waals surface area contributed by atoms with Crippen molar-refractivity contribution in [2.45, 2.75) is 26.9 Å². The Hall–Kier alpha value is -2.18. The van der Waals surface area contributed by atoms with E-state index in [0.29, 0.717) is 5.56 Å². The minimum Gasteiger partial charge on any atom is -0.296 e. The molecule has 3 nitrogen and oxygen atoms in total. The lowest BCUT2D eigenvalue weighted by Crippen LogP contribution is -2.18. The lowest BCUT2D eigenvalue weighted by molar-refractivity contribution is 0.314. The third-order valence-electron chi connectivity index (χ3n) is 3.29. The number of pyridine rings is 1. The van der Waals surface area contributed by atoms with E-state index < -0.39 is 0 Å². The van der Waals surface area contributed by atoms with Crippen molar-refractivity contribution in [2.75, 3.05) is 7.05 Å². The molecule has 0 N–H and O–H groups in total. The molecule has 1 aromatic heterocycles. The molecule has 0 unspecified atom stereocenters. The van der Waals surface area contributed by atoms with Crippen molar-refractivity contribution < 1.29 is 0 Å². The molecular formula is C17H19N3. The lowest BCUT2D eigenvalue weighted by atomic mass is 10.1. The Bertz CT molecular complexity index is 641. The number of nitriles is 1. The van der Waals surface area contributed by atoms with Crippen LogP contribution >= 0.6 is 0 Å². The van der Waals surface area contributed by atoms with Crippen LogP contribution in [0.5, 0.6) is 0 Å². The Labute approximate surface area is 120 Å². The van der Waals surface area contributed by atoms with Gasteiger partial charge in [-0.05, 0) is 56.3 Å². The topological polar surface area (TPSA) is 39.9 Å². The van der Waals surface area contributed by atoms with Crippen molar-refractivity contribution in [3.8, 4) is 6.07 Å². The predicted molar refractivity (Wildman–Crippen MR) is 80.0 cm³/mol. The van der Waals surface area contributed by atoms with Crippen LogP contribution in [0.15, 0.2) is 36.4 Å². The van der Waals surface area contributed by atoms with Gasteiger partial charge in [0.15, 0.2) is 0 Å². The summed E-state index contributed by atoms with van der Waals surface area (Å²) in [7, 11) is 2.08. The molecule has 1 aromatic carbocycles. The summed E-state index contributed by atoms with van der Waals surface area (Å²) in [4.78, 5) is 6.75. The van der Waals surface area contributed by atoms with Gasteiger partial charge in [0, 0.05) is 18.8 Å². The van der Waals surface area contributed by atoms with Crippen molar-refractivity contribution in [1.29, 1.82) is 5.26 Å². The van der Waals surface area contributed by atoms with Gasteiger partial charge in [-0.25, -0.2) is 0 Å². The molecule has 1 heterocycles. The van der Waals surface area contributed by atoms with Crippen molar-refractivity contribution >= 4 is 0 Å². The van der Waals surface area contributed by atoms with Crippen LogP contribution in [0.25, 0.3) is 0 Å². The van der Waals surface area contributed by atoms with Crippen LogP contribution in [0.1, 0.15) is 28.1 Å². The molecule has 0 saturated carbocycles. The fraction of sp³-hybridized carbons (Fsp3) is 0.294. The van der Waals surface area contributed by atoms with Crippen molar-refractivity contribution in [3.63, 3.8) is 0 Å². The molecule has 0 aliphatic rings. The van der Waals surface area contributed by atoms with Gasteiger partial charge in [0.1, 0.15) is 0 Å². The molecule has 0 aliphatic carbocycles. The zero-order chi connectivity index (χ0) is 14.5. The van der Waals surface area contributed by atoms with E-state index in [-0.39, 0.29) is 0 Å². The maximum atomic E-state index is 8.89. The maximum absolute atomic E-state index is 8.89. The second kappa shape index (κ2) is 6.31. The van der Waals surface area contributed by atoms with Gasteiger partial charge in [-0.1, -0.05) is 12.1 Å². The first-order valence-electron chi connectivity index (χ1n) is 6.69. The Balaban J connectivity index is 2.05. The van der Waals surface area contributed by atoms with Gasteiger partial charge >= 0.3 is 0 Å². The number of nitrogens with zero attached hydrogens (tertiary/aromatic N) is 3. The lowest BCUT2D eigenvalue weighted by Gasteiger charge is -2.18. The van der Waals surface area contributed by atoms with Crippen LogP contribution in [-0.4, -0.2) is 16.9 Å². The largest absolute Gasteiger partial charge is 0.296 e. The zero-order valence-corrected chi connectivity index (χ0v) is 12.2. The number of rotatable bonds is 4. The van der Waals surface area contributed by atoms with Gasteiger partial charge in [-0.3, -0.25) is 9.88 Å². The third kappa shape index (κ3) is 3.66. The molecule has 0 fully saturated rings. The van der Waals surface area contributed by atoms with Gasteiger partial charge in [0.2, 0.25) is 0 Å². The predicted octanol–water partition coefficient (Wildman–Crippen LogP) is 3.20. The first-order valence-corrected chi connectivity index (χ1v) is 6.69. The van der Waals surface area contributed by atoms with Crippen molar-refractivity contribution in [1.82, 2.24) is 9.88 Å². The molecule has 2 aromatic rings. The van der Waals surface area contributed by atoms with Crippen molar-refractivity contribution in [3.05, 3.63) is 64.5 Å². The number of aryl methyl sites for hydroxylation is 2. The molecule has 0 aliphatic heterocycles. The number of benzene rings is 1. The van der Waals surface area contributed by atoms with Crippen LogP contribution in [-0.2, 0) is 13.1 Å². The Kier molecular flexibility index (Phi) is 4.49. The molecule has 0 amide bonds. The summed E-state index contributed by atoms with van der Waals surface area (Å²) in [6, 6.07) is 14.1. The fourth-order valence-electron chi connectivity index (χ4n) is 2.25. The molecule has 0 saturated heterocycles.